The molecule has 0 aliphatic rings. The summed E-state index contributed by atoms with van der Waals surface area (Å²) in [5, 5.41) is 0. The number of aromatic nitrogens is 2. The highest BCUT2D eigenvalue weighted by atomic mass is 19.4. The lowest BCUT2D eigenvalue weighted by atomic mass is 10.2. The Morgan fingerprint density at radius 2 is 1.59 bits per heavy atom. The Hall–Kier alpha value is -2.51. The number of benzene rings is 1. The van der Waals surface area contributed by atoms with Gasteiger partial charge in [-0.3, -0.25) is 0 Å². The maximum absolute atomic E-state index is 13.5. The van der Waals surface area contributed by atoms with Gasteiger partial charge >= 0.3 is 12.2 Å². The van der Waals surface area contributed by atoms with Crippen molar-refractivity contribution in [3.8, 4) is 11.8 Å². The molecule has 29 heavy (non-hydrogen) atoms. The van der Waals surface area contributed by atoms with Crippen LogP contribution in [0.25, 0.3) is 0 Å². The summed E-state index contributed by atoms with van der Waals surface area (Å²) < 4.78 is 51.4. The van der Waals surface area contributed by atoms with Crippen LogP contribution >= 0.6 is 0 Å². The van der Waals surface area contributed by atoms with E-state index in [-0.39, 0.29) is 11.8 Å². The molecule has 0 aliphatic heterocycles. The Morgan fingerprint density at radius 1 is 0.931 bits per heavy atom. The lowest BCUT2D eigenvalue weighted by molar-refractivity contribution is -0.137. The van der Waals surface area contributed by atoms with Gasteiger partial charge in [0.15, 0.2) is 5.82 Å². The minimum absolute atomic E-state index is 0.0656. The molecule has 0 radical (unpaired) electrons. The molecule has 5 nitrogen and oxygen atoms in total. The summed E-state index contributed by atoms with van der Waals surface area (Å²) >= 11 is 0. The van der Waals surface area contributed by atoms with Gasteiger partial charge in [-0.25, -0.2) is 4.98 Å². The third kappa shape index (κ3) is 6.80. The predicted octanol–water partition coefficient (Wildman–Crippen LogP) is 6.01. The quantitative estimate of drug-likeness (QED) is 0.424. The van der Waals surface area contributed by atoms with Crippen molar-refractivity contribution >= 4 is 11.5 Å². The number of nitrogens with zero attached hydrogens (tertiary/aromatic N) is 3. The van der Waals surface area contributed by atoms with Crippen molar-refractivity contribution < 1.29 is 22.6 Å². The van der Waals surface area contributed by atoms with Crippen molar-refractivity contribution in [2.45, 2.75) is 52.1 Å². The smallest absolute Gasteiger partial charge is 0.421 e. The number of unbranched alkanes of at least 4 members (excludes halogenated alkanes) is 3. The van der Waals surface area contributed by atoms with Crippen molar-refractivity contribution in [2.24, 2.45) is 0 Å². The van der Waals surface area contributed by atoms with Gasteiger partial charge in [0.2, 0.25) is 0 Å². The molecule has 1 aromatic heterocycles. The second-order valence-corrected chi connectivity index (χ2v) is 6.70. The first-order valence-electron chi connectivity index (χ1n) is 9.90. The van der Waals surface area contributed by atoms with E-state index in [0.717, 1.165) is 38.3 Å². The maximum atomic E-state index is 13.5. The maximum Gasteiger partial charge on any atom is 0.421 e. The van der Waals surface area contributed by atoms with E-state index in [0.29, 0.717) is 24.7 Å². The molecular formula is C21H28F3N3O2. The molecule has 0 spiro atoms. The Balaban J connectivity index is 2.20. The number of hydrogen-bond acceptors (Lipinski definition) is 5. The van der Waals surface area contributed by atoms with Crippen LogP contribution in [0, 0.1) is 0 Å². The van der Waals surface area contributed by atoms with Crippen molar-refractivity contribution in [1.29, 1.82) is 0 Å². The van der Waals surface area contributed by atoms with Gasteiger partial charge in [-0.2, -0.15) is 18.2 Å². The highest BCUT2D eigenvalue weighted by molar-refractivity contribution is 5.63. The minimum atomic E-state index is -4.58. The Morgan fingerprint density at radius 3 is 2.21 bits per heavy atom. The number of ether oxygens (including phenoxy) is 2. The van der Waals surface area contributed by atoms with Crippen molar-refractivity contribution in [1.82, 2.24) is 9.97 Å². The standard InChI is InChI=1S/C21H28F3N3O2/c1-4-6-8-14-28-17-11-9-16(10-12-17)27(3)19-18(21(22,23)24)15-25-20(26-19)29-13-7-5-2/h9-12,15H,4-8,13-14H2,1-3H3. The molecule has 160 valence electrons. The van der Waals surface area contributed by atoms with Crippen LogP contribution in [0.4, 0.5) is 24.7 Å². The third-order valence-electron chi connectivity index (χ3n) is 4.34. The van der Waals surface area contributed by atoms with Crippen LogP contribution in [-0.2, 0) is 6.18 Å². The van der Waals surface area contributed by atoms with Crippen molar-refractivity contribution in [3.05, 3.63) is 36.0 Å². The summed E-state index contributed by atoms with van der Waals surface area (Å²) in [5.41, 5.74) is -0.364. The normalized spacial score (nSPS) is 11.4. The molecule has 1 aromatic carbocycles. The van der Waals surface area contributed by atoms with Crippen molar-refractivity contribution in [3.63, 3.8) is 0 Å². The number of hydrogen-bond donors (Lipinski definition) is 0. The Labute approximate surface area is 169 Å². The zero-order valence-corrected chi connectivity index (χ0v) is 17.1. The van der Waals surface area contributed by atoms with E-state index in [1.807, 2.05) is 6.92 Å². The van der Waals surface area contributed by atoms with Crippen LogP contribution in [0.2, 0.25) is 0 Å². The first kappa shape index (κ1) is 22.8. The fourth-order valence-corrected chi connectivity index (χ4v) is 2.62. The van der Waals surface area contributed by atoms with Crippen LogP contribution in [-0.4, -0.2) is 30.2 Å². The van der Waals surface area contributed by atoms with Gasteiger partial charge in [-0.15, -0.1) is 0 Å². The van der Waals surface area contributed by atoms with E-state index in [9.17, 15) is 13.2 Å². The van der Waals surface area contributed by atoms with Crippen LogP contribution in [0.1, 0.15) is 51.5 Å². The first-order valence-corrected chi connectivity index (χ1v) is 9.90. The molecule has 0 amide bonds. The van der Waals surface area contributed by atoms with Crippen LogP contribution in [0.5, 0.6) is 11.8 Å². The summed E-state index contributed by atoms with van der Waals surface area (Å²) in [6.07, 6.45) is 1.04. The lowest BCUT2D eigenvalue weighted by Crippen LogP contribution is -2.19. The zero-order chi connectivity index (χ0) is 21.3. The predicted molar refractivity (Wildman–Crippen MR) is 107 cm³/mol. The van der Waals surface area contributed by atoms with Crippen LogP contribution in [0.15, 0.2) is 30.5 Å². The van der Waals surface area contributed by atoms with Crippen LogP contribution in [0.3, 0.4) is 0 Å². The minimum Gasteiger partial charge on any atom is -0.494 e. The van der Waals surface area contributed by atoms with E-state index in [2.05, 4.69) is 16.9 Å². The summed E-state index contributed by atoms with van der Waals surface area (Å²) in [6, 6.07) is 6.82. The SMILES string of the molecule is CCCCCOc1ccc(N(C)c2nc(OCCCC)ncc2C(F)(F)F)cc1. The molecule has 1 heterocycles. The molecule has 0 atom stereocenters. The highest BCUT2D eigenvalue weighted by Crippen LogP contribution is 2.38. The third-order valence-corrected chi connectivity index (χ3v) is 4.34. The average Bonchev–Trinajstić information content (AvgIpc) is 2.70. The van der Waals surface area contributed by atoms with E-state index in [1.54, 1.807) is 24.3 Å². The molecule has 0 aliphatic carbocycles. The molecule has 0 saturated heterocycles. The van der Waals surface area contributed by atoms with Gasteiger partial charge < -0.3 is 14.4 Å². The Bertz CT molecular complexity index is 752. The van der Waals surface area contributed by atoms with Gasteiger partial charge in [-0.1, -0.05) is 33.1 Å². The van der Waals surface area contributed by atoms with Crippen LogP contribution < -0.4 is 14.4 Å². The van der Waals surface area contributed by atoms with Gasteiger partial charge in [0.05, 0.1) is 13.2 Å². The van der Waals surface area contributed by atoms with Crippen molar-refractivity contribution in [2.75, 3.05) is 25.2 Å². The zero-order valence-electron chi connectivity index (χ0n) is 17.1. The second kappa shape index (κ2) is 10.9. The highest BCUT2D eigenvalue weighted by Gasteiger charge is 2.36. The summed E-state index contributed by atoms with van der Waals surface area (Å²) in [7, 11) is 1.53. The summed E-state index contributed by atoms with van der Waals surface area (Å²) in [6.45, 7) is 5.08. The first-order chi connectivity index (χ1) is 13.9. The fraction of sp³-hybridized carbons (Fsp3) is 0.524. The molecule has 0 bridgehead atoms. The monoisotopic (exact) mass is 411 g/mol. The van der Waals surface area contributed by atoms with Gasteiger partial charge in [0.25, 0.3) is 0 Å². The average molecular weight is 411 g/mol. The van der Waals surface area contributed by atoms with E-state index < -0.39 is 11.7 Å². The molecule has 0 N–H and O–H groups in total. The lowest BCUT2D eigenvalue weighted by Gasteiger charge is -2.22. The number of alkyl halides is 3. The molecule has 8 heteroatoms. The molecule has 0 fully saturated rings. The molecule has 2 aromatic rings. The molecule has 2 rings (SSSR count). The molecular weight excluding hydrogens is 383 g/mol. The fourth-order valence-electron chi connectivity index (χ4n) is 2.62. The molecule has 0 saturated carbocycles. The molecule has 0 unspecified atom stereocenters. The largest absolute Gasteiger partial charge is 0.494 e. The van der Waals surface area contributed by atoms with E-state index >= 15 is 0 Å². The summed E-state index contributed by atoms with van der Waals surface area (Å²) in [4.78, 5) is 9.11. The number of rotatable bonds is 11. The van der Waals surface area contributed by atoms with Gasteiger partial charge in [-0.05, 0) is 37.1 Å². The topological polar surface area (TPSA) is 47.5 Å². The van der Waals surface area contributed by atoms with Gasteiger partial charge in [0.1, 0.15) is 11.3 Å². The Kier molecular flexibility index (Phi) is 8.54. The van der Waals surface area contributed by atoms with E-state index in [4.69, 9.17) is 9.47 Å². The van der Waals surface area contributed by atoms with E-state index in [1.165, 1.54) is 11.9 Å². The van der Waals surface area contributed by atoms with Gasteiger partial charge in [0, 0.05) is 18.9 Å². The number of anilines is 2. The number of halogens is 3. The second-order valence-electron chi connectivity index (χ2n) is 6.70. The summed E-state index contributed by atoms with van der Waals surface area (Å²) in [5.74, 6) is 0.427.